The van der Waals surface area contributed by atoms with Gasteiger partial charge in [0.15, 0.2) is 0 Å². The molecule has 0 aromatic heterocycles. The van der Waals surface area contributed by atoms with Gasteiger partial charge in [-0.25, -0.2) is 0 Å². The van der Waals surface area contributed by atoms with Crippen LogP contribution in [0.1, 0.15) is 11.1 Å². The second-order valence-electron chi connectivity index (χ2n) is 3.16. The van der Waals surface area contributed by atoms with Crippen molar-refractivity contribution in [1.82, 2.24) is 0 Å². The van der Waals surface area contributed by atoms with Crippen molar-refractivity contribution < 1.29 is 5.11 Å². The van der Waals surface area contributed by atoms with Crippen LogP contribution in [0.15, 0.2) is 24.3 Å². The predicted molar refractivity (Wildman–Crippen MR) is 56.5 cm³/mol. The number of alkyl halides is 2. The monoisotopic (exact) mass is 218 g/mol. The summed E-state index contributed by atoms with van der Waals surface area (Å²) in [7, 11) is 0. The van der Waals surface area contributed by atoms with Crippen LogP contribution in [0.5, 0.6) is 0 Å². The topological polar surface area (TPSA) is 20.2 Å². The minimum absolute atomic E-state index is 0.111. The Bertz CT molecular complexity index is 265. The molecule has 0 amide bonds. The Labute approximate surface area is 88.3 Å². The number of rotatable bonds is 3. The van der Waals surface area contributed by atoms with Crippen molar-refractivity contribution in [1.29, 1.82) is 0 Å². The normalized spacial score (nSPS) is 11.7. The first-order valence-corrected chi connectivity index (χ1v) is 5.11. The Balaban J connectivity index is 2.99. The molecule has 0 spiro atoms. The highest BCUT2D eigenvalue weighted by Gasteiger charge is 2.26. The molecule has 1 aromatic rings. The van der Waals surface area contributed by atoms with Crippen LogP contribution in [-0.2, 0) is 5.60 Å². The van der Waals surface area contributed by atoms with Crippen molar-refractivity contribution in [3.63, 3.8) is 0 Å². The number of hydrogen-bond acceptors (Lipinski definition) is 1. The molecule has 0 heterocycles. The predicted octanol–water partition coefficient (Wildman–Crippen LogP) is 2.66. The molecule has 0 aliphatic carbocycles. The Kier molecular flexibility index (Phi) is 3.60. The maximum atomic E-state index is 9.93. The lowest BCUT2D eigenvalue weighted by atomic mass is 9.97. The maximum Gasteiger partial charge on any atom is 0.117 e. The lowest BCUT2D eigenvalue weighted by Crippen LogP contribution is -2.29. The third-order valence-electron chi connectivity index (χ3n) is 2.03. The van der Waals surface area contributed by atoms with E-state index in [0.717, 1.165) is 11.1 Å². The summed E-state index contributed by atoms with van der Waals surface area (Å²) >= 11 is 11.3. The van der Waals surface area contributed by atoms with Gasteiger partial charge >= 0.3 is 0 Å². The second kappa shape index (κ2) is 4.32. The van der Waals surface area contributed by atoms with Crippen molar-refractivity contribution in [2.75, 3.05) is 11.8 Å². The van der Waals surface area contributed by atoms with E-state index < -0.39 is 5.60 Å². The molecule has 3 heteroatoms. The summed E-state index contributed by atoms with van der Waals surface area (Å²) in [6, 6.07) is 7.55. The molecule has 0 saturated heterocycles. The van der Waals surface area contributed by atoms with Crippen molar-refractivity contribution in [3.8, 4) is 0 Å². The molecule has 0 fully saturated rings. The first kappa shape index (κ1) is 10.8. The van der Waals surface area contributed by atoms with Crippen LogP contribution < -0.4 is 0 Å². The Hall–Kier alpha value is -0.240. The summed E-state index contributed by atoms with van der Waals surface area (Å²) in [5.74, 6) is 0.221. The van der Waals surface area contributed by atoms with Gasteiger partial charge in [0.1, 0.15) is 5.60 Å². The van der Waals surface area contributed by atoms with E-state index in [2.05, 4.69) is 0 Å². The van der Waals surface area contributed by atoms with Crippen molar-refractivity contribution in [2.24, 2.45) is 0 Å². The first-order chi connectivity index (χ1) is 6.12. The lowest BCUT2D eigenvalue weighted by molar-refractivity contribution is 0.0862. The third kappa shape index (κ3) is 2.37. The molecular weight excluding hydrogens is 207 g/mol. The molecule has 1 aromatic carbocycles. The highest BCUT2D eigenvalue weighted by Crippen LogP contribution is 2.24. The fourth-order valence-electron chi connectivity index (χ4n) is 1.05. The summed E-state index contributed by atoms with van der Waals surface area (Å²) in [5.41, 5.74) is 0.815. The first-order valence-electron chi connectivity index (χ1n) is 4.04. The largest absolute Gasteiger partial charge is 0.383 e. The smallest absolute Gasteiger partial charge is 0.117 e. The number of aliphatic hydroxyl groups is 1. The van der Waals surface area contributed by atoms with Gasteiger partial charge in [0, 0.05) is 0 Å². The molecule has 0 aliphatic heterocycles. The summed E-state index contributed by atoms with van der Waals surface area (Å²) in [4.78, 5) is 0. The van der Waals surface area contributed by atoms with Crippen LogP contribution in [0.2, 0.25) is 0 Å². The molecule has 0 atom stereocenters. The van der Waals surface area contributed by atoms with Gasteiger partial charge in [0.25, 0.3) is 0 Å². The van der Waals surface area contributed by atoms with Gasteiger partial charge in [-0.1, -0.05) is 29.8 Å². The van der Waals surface area contributed by atoms with Crippen LogP contribution in [0.3, 0.4) is 0 Å². The summed E-state index contributed by atoms with van der Waals surface area (Å²) < 4.78 is 0. The second-order valence-corrected chi connectivity index (χ2v) is 3.70. The molecule has 0 saturated carbocycles. The molecular formula is C10H12Cl2O. The van der Waals surface area contributed by atoms with Crippen molar-refractivity contribution >= 4 is 23.2 Å². The van der Waals surface area contributed by atoms with Gasteiger partial charge in [-0.05, 0) is 12.5 Å². The van der Waals surface area contributed by atoms with Gasteiger partial charge in [0.2, 0.25) is 0 Å². The zero-order chi connectivity index (χ0) is 9.90. The van der Waals surface area contributed by atoms with E-state index in [0.29, 0.717) is 0 Å². The average molecular weight is 219 g/mol. The Morgan fingerprint density at radius 2 is 1.62 bits per heavy atom. The minimum atomic E-state index is -1.10. The molecule has 13 heavy (non-hydrogen) atoms. The minimum Gasteiger partial charge on any atom is -0.383 e. The van der Waals surface area contributed by atoms with Crippen LogP contribution in [-0.4, -0.2) is 16.9 Å². The van der Waals surface area contributed by atoms with Gasteiger partial charge in [-0.15, -0.1) is 23.2 Å². The van der Waals surface area contributed by atoms with E-state index in [1.54, 1.807) is 0 Å². The van der Waals surface area contributed by atoms with Crippen LogP contribution in [0.25, 0.3) is 0 Å². The van der Waals surface area contributed by atoms with E-state index in [1.165, 1.54) is 0 Å². The van der Waals surface area contributed by atoms with Crippen molar-refractivity contribution in [3.05, 3.63) is 35.4 Å². The summed E-state index contributed by atoms with van der Waals surface area (Å²) in [6.07, 6.45) is 0. The summed E-state index contributed by atoms with van der Waals surface area (Å²) in [5, 5.41) is 9.93. The Morgan fingerprint density at radius 3 is 2.00 bits per heavy atom. The SMILES string of the molecule is Cc1ccc(C(O)(CCl)CCl)cc1. The number of aryl methyl sites for hydroxylation is 1. The molecule has 0 bridgehead atoms. The molecule has 0 aliphatic rings. The van der Waals surface area contributed by atoms with E-state index >= 15 is 0 Å². The molecule has 1 nitrogen and oxygen atoms in total. The van der Waals surface area contributed by atoms with E-state index in [4.69, 9.17) is 23.2 Å². The lowest BCUT2D eigenvalue weighted by Gasteiger charge is -2.23. The number of hydrogen-bond donors (Lipinski definition) is 1. The zero-order valence-electron chi connectivity index (χ0n) is 7.43. The molecule has 1 rings (SSSR count). The highest BCUT2D eigenvalue weighted by atomic mass is 35.5. The Morgan fingerprint density at radius 1 is 1.15 bits per heavy atom. The van der Waals surface area contributed by atoms with Gasteiger partial charge < -0.3 is 5.11 Å². The maximum absolute atomic E-state index is 9.93. The molecule has 0 radical (unpaired) electrons. The quantitative estimate of drug-likeness (QED) is 0.775. The van der Waals surface area contributed by atoms with Crippen LogP contribution >= 0.6 is 23.2 Å². The van der Waals surface area contributed by atoms with Crippen LogP contribution in [0, 0.1) is 6.92 Å². The van der Waals surface area contributed by atoms with E-state index in [1.807, 2.05) is 31.2 Å². The van der Waals surface area contributed by atoms with E-state index in [-0.39, 0.29) is 11.8 Å². The van der Waals surface area contributed by atoms with Gasteiger partial charge in [0.05, 0.1) is 11.8 Å². The molecule has 1 N–H and O–H groups in total. The number of benzene rings is 1. The third-order valence-corrected chi connectivity index (χ3v) is 2.92. The standard InChI is InChI=1S/C10H12Cl2O/c1-8-2-4-9(5-3-8)10(13,6-11)7-12/h2-5,13H,6-7H2,1H3. The van der Waals surface area contributed by atoms with Gasteiger partial charge in [-0.3, -0.25) is 0 Å². The number of halogens is 2. The fourth-order valence-corrected chi connectivity index (χ4v) is 1.65. The van der Waals surface area contributed by atoms with E-state index in [9.17, 15) is 5.11 Å². The average Bonchev–Trinajstić information content (AvgIpc) is 2.18. The highest BCUT2D eigenvalue weighted by molar-refractivity contribution is 6.21. The zero-order valence-corrected chi connectivity index (χ0v) is 8.94. The fraction of sp³-hybridized carbons (Fsp3) is 0.400. The van der Waals surface area contributed by atoms with Crippen molar-refractivity contribution in [2.45, 2.75) is 12.5 Å². The molecule has 0 unspecified atom stereocenters. The van der Waals surface area contributed by atoms with Gasteiger partial charge in [-0.2, -0.15) is 0 Å². The summed E-state index contributed by atoms with van der Waals surface area (Å²) in [6.45, 7) is 1.99. The van der Waals surface area contributed by atoms with Crippen LogP contribution in [0.4, 0.5) is 0 Å². The molecule has 72 valence electrons.